The number of esters is 4. The normalized spacial score (nSPS) is 33.5. The first-order valence-electron chi connectivity index (χ1n) is 42.9. The van der Waals surface area contributed by atoms with E-state index in [4.69, 9.17) is 81.4 Å². The van der Waals surface area contributed by atoms with E-state index in [2.05, 4.69) is 78.1 Å². The lowest BCUT2D eigenvalue weighted by molar-refractivity contribution is -0.674. The highest BCUT2D eigenvalue weighted by Gasteiger charge is 2.85. The van der Waals surface area contributed by atoms with E-state index >= 15 is 0 Å². The third kappa shape index (κ3) is 15.7. The minimum absolute atomic E-state index is 0.00207. The number of aliphatic carboxylic acids is 5. The predicted octanol–water partition coefficient (Wildman–Crippen LogP) is -27.0. The number of carboxylic acids is 5. The summed E-state index contributed by atoms with van der Waals surface area (Å²) in [5.74, 6) is -24.9. The van der Waals surface area contributed by atoms with Crippen molar-refractivity contribution in [3.05, 3.63) is 107 Å². The second-order valence-corrected chi connectivity index (χ2v) is 36.2. The van der Waals surface area contributed by atoms with Crippen LogP contribution >= 0.6 is 0 Å². The Hall–Kier alpha value is -15.3. The standard InChI is InChI=1S/C18H16F6N6O6.C18H22N6O6.C17H20N6O6.C15H22N6O6.C9H14N6O5/c19-17(20,21)5-1-2-7(18(22,23)24)6(3-5)12(33)36-8-4-30-14(26)27-9(11(31)32)10-15(30,16(8,34)35)29-13(25)28-10;19-15-22-13-10(6-7-12(25)26)21-16(20)24-8-11(18(28,29)17(13,24)23-15)30-14(27)9-4-2-1-3-5-9;18-14-21-12-9(6-11(24)25)20-15(19)23-7-10(17(27,28)16(12,23)22-14)29-13(26)8-4-2-1-3-5-8;1-13(3-2-4-13)10(24)27-6-5-21-12(17)18-7(9(22)23)8-14(21,15(6,25)26)20-11(16)19-8;10-6-13-4-3(5(17)18)12-7(11)15-1-2(16)9(19,20)8(4,15)14-6/h1-3,8-10,34-35H,4H2,(H6,25,26,27,28,29,31,32);1-5,10-11,13,28-29H,6-8H2,(H6,19,20,21,22,23,25,26);1-5,9-10,12,27-28H,6-7H2,(H6,18,19,20,21,22,24,25);6-8,25-26H,2-5H2,1H3,(H6,16,17,18,19,20,22,23);2-4,16,19-20H,1H2,(H6,10,11,12,13,14,17,18)/p+10/t8-,9?,10-,15-;10?,11-,13-,17-;9?,10-,12-,16-;6-,7?,8-,14-;2-,3?,4-,8-/m00000/s1. The monoisotopic (exact) mass is 2030 g/mol. The third-order valence-electron chi connectivity index (χ3n) is 27.9. The quantitative estimate of drug-likeness (QED) is 0.0208. The summed E-state index contributed by atoms with van der Waals surface area (Å²) in [6, 6.07) is 5.45. The van der Waals surface area contributed by atoms with Crippen molar-refractivity contribution in [1.29, 1.82) is 0 Å². The van der Waals surface area contributed by atoms with Gasteiger partial charge in [0.05, 0.1) is 39.7 Å². The zero-order valence-corrected chi connectivity index (χ0v) is 73.7. The Morgan fingerprint density at radius 1 is 0.401 bits per heavy atom. The summed E-state index contributed by atoms with van der Waals surface area (Å²) in [5, 5.41) is 192. The number of nitrogens with one attached hydrogen (secondary N) is 15. The lowest BCUT2D eigenvalue weighted by Gasteiger charge is -2.40. The van der Waals surface area contributed by atoms with Crippen LogP contribution in [-0.4, -0.2) is 399 Å². The predicted molar refractivity (Wildman–Crippen MR) is 448 cm³/mol. The Labute approximate surface area is 790 Å². The molecule has 3 aromatic carbocycles. The molecule has 51 N–H and O–H groups in total. The molecule has 1 saturated carbocycles. The van der Waals surface area contributed by atoms with Gasteiger partial charge >= 0.3 is 148 Å². The SMILES string of the molecule is CC1(C(=O)O[C@H]2C[N+]3=C(N)NC(C(=O)O)[C@@H]4[NH+]=C(N)N[C@@]43C2(O)O)CCC1.NC1=[NH+][C@H]2C(C(=O)O)NC(N)=[N+]3C[C@H](O)C(O)(O)[C@]23N1.NC1=[NH+][C@H]2C(C(=O)O)NC(N)=[N+]3C[C@H](OC(=O)c4cc(C(F)(F)F)ccc4C(F)(F)F)C(O)(O)[C@]23N1.NC1=[NH+][C@H]2C(CC(=O)O)NC(N)=[N+]3C[C@H](OC(=O)c4ccccc4)C(O)(O)[C@]23N1.NC1=[NH+][C@H]2C(CCC(=O)O)NC(N)=[N+]3C[C@H](OC(=O)c4ccccc4)C(O)(O)[C@]23N1. The first-order chi connectivity index (χ1) is 66.0. The van der Waals surface area contributed by atoms with Gasteiger partial charge in [-0.15, -0.1) is 0 Å². The maximum absolute atomic E-state index is 13.4. The minimum atomic E-state index is -5.26. The molecular formula is C77H104F6N30O29+10. The van der Waals surface area contributed by atoms with Crippen molar-refractivity contribution in [2.24, 2.45) is 62.8 Å². The highest BCUT2D eigenvalue weighted by atomic mass is 19.4. The number of rotatable bonds is 16. The van der Waals surface area contributed by atoms with Gasteiger partial charge in [-0.25, -0.2) is 78.2 Å². The summed E-state index contributed by atoms with van der Waals surface area (Å²) in [5.41, 5.74) is 44.3. The molecule has 19 rings (SSSR count). The number of aliphatic hydroxyl groups is 11. The second-order valence-electron chi connectivity index (χ2n) is 36.2. The maximum atomic E-state index is 13.4. The first-order valence-corrected chi connectivity index (χ1v) is 42.9. The van der Waals surface area contributed by atoms with Crippen LogP contribution in [0.4, 0.5) is 26.3 Å². The summed E-state index contributed by atoms with van der Waals surface area (Å²) in [7, 11) is 0. The molecule has 768 valence electrons. The summed E-state index contributed by atoms with van der Waals surface area (Å²) in [4.78, 5) is 121. The van der Waals surface area contributed by atoms with Gasteiger partial charge in [0, 0.05) is 6.42 Å². The highest BCUT2D eigenvalue weighted by Crippen LogP contribution is 2.48. The Kier molecular flexibility index (Phi) is 24.7. The number of guanidine groups is 10. The Morgan fingerprint density at radius 2 is 0.718 bits per heavy atom. The zero-order chi connectivity index (χ0) is 104. The minimum Gasteiger partial charge on any atom is -0.481 e. The number of hydrogen-bond acceptors (Lipinski definition) is 44. The third-order valence-corrected chi connectivity index (χ3v) is 27.9. The summed E-state index contributed by atoms with van der Waals surface area (Å²) < 4.78 is 107. The Bertz CT molecular complexity index is 6100. The van der Waals surface area contributed by atoms with Gasteiger partial charge in [0.2, 0.25) is 18.1 Å². The number of carbonyl (C=O) groups is 9. The topological polar surface area (TPSA) is 980 Å². The van der Waals surface area contributed by atoms with Crippen molar-refractivity contribution in [1.82, 2.24) is 53.2 Å². The Balaban J connectivity index is 0.000000135. The molecule has 16 aliphatic rings. The molecule has 15 aliphatic heterocycles. The number of carboxylic acid groups (broad SMARTS) is 5. The van der Waals surface area contributed by atoms with E-state index in [9.17, 15) is 146 Å². The smallest absolute Gasteiger partial charge is 0.417 e. The number of hydrogen-bond donors (Lipinski definition) is 41. The van der Waals surface area contributed by atoms with Crippen LogP contribution in [-0.2, 0) is 60.1 Å². The van der Waals surface area contributed by atoms with Gasteiger partial charge in [-0.3, -0.25) is 123 Å². The molecular weight excluding hydrogens is 1920 g/mol. The molecule has 6 fully saturated rings. The average molecular weight is 2030 g/mol. The number of nitrogens with two attached hydrogens (primary N) is 10. The van der Waals surface area contributed by atoms with E-state index < -0.39 is 249 Å². The van der Waals surface area contributed by atoms with Crippen molar-refractivity contribution in [3.8, 4) is 0 Å². The largest absolute Gasteiger partial charge is 0.481 e. The molecule has 0 radical (unpaired) electrons. The van der Waals surface area contributed by atoms with Crippen LogP contribution in [0.15, 0.2) is 78.9 Å². The van der Waals surface area contributed by atoms with Crippen LogP contribution in [0.25, 0.3) is 0 Å². The number of aliphatic hydroxyl groups excluding tert-OH is 1. The van der Waals surface area contributed by atoms with E-state index in [1.54, 1.807) is 55.5 Å². The highest BCUT2D eigenvalue weighted by molar-refractivity contribution is 5.94. The van der Waals surface area contributed by atoms with Crippen molar-refractivity contribution in [3.63, 3.8) is 0 Å². The van der Waals surface area contributed by atoms with Gasteiger partial charge in [-0.1, -0.05) is 42.8 Å². The van der Waals surface area contributed by atoms with Crippen molar-refractivity contribution >= 4 is 113 Å². The van der Waals surface area contributed by atoms with Crippen molar-refractivity contribution in [2.75, 3.05) is 32.7 Å². The van der Waals surface area contributed by atoms with E-state index in [1.165, 1.54) is 30.4 Å². The van der Waals surface area contributed by atoms with Crippen LogP contribution in [0.3, 0.4) is 0 Å². The number of nitrogens with zero attached hydrogens (tertiary/aromatic N) is 5. The molecule has 5 unspecified atom stereocenters. The average Bonchev–Trinajstić information content (AvgIpc) is 1.54. The molecule has 65 heteroatoms. The van der Waals surface area contributed by atoms with Crippen molar-refractivity contribution in [2.45, 2.75) is 206 Å². The van der Waals surface area contributed by atoms with Crippen LogP contribution in [0.2, 0.25) is 0 Å². The lowest BCUT2D eigenvalue weighted by Crippen LogP contribution is -2.92. The fourth-order valence-electron chi connectivity index (χ4n) is 21.0. The molecule has 0 amide bonds. The number of alkyl halides is 6. The molecule has 0 aromatic heterocycles. The van der Waals surface area contributed by atoms with E-state index in [0.717, 1.165) is 11.0 Å². The van der Waals surface area contributed by atoms with Gasteiger partial charge in [-0.05, 0) is 68.7 Å². The number of benzene rings is 3. The molecule has 0 bridgehead atoms. The molecule has 15 heterocycles. The Morgan fingerprint density at radius 3 is 1.05 bits per heavy atom. The molecule has 1 aliphatic carbocycles. The first kappa shape index (κ1) is 101. The van der Waals surface area contributed by atoms with Crippen LogP contribution in [0.1, 0.15) is 87.6 Å². The van der Waals surface area contributed by atoms with E-state index in [-0.39, 0.29) is 128 Å². The number of ether oxygens (including phenoxy) is 4. The summed E-state index contributed by atoms with van der Waals surface area (Å²) in [6.07, 6.45) is -16.4. The van der Waals surface area contributed by atoms with E-state index in [1.807, 2.05) is 0 Å². The van der Waals surface area contributed by atoms with Gasteiger partial charge < -0.3 is 101 Å². The number of halogens is 6. The van der Waals surface area contributed by atoms with E-state index in [0.29, 0.717) is 12.8 Å². The molecule has 20 atom stereocenters. The summed E-state index contributed by atoms with van der Waals surface area (Å²) in [6.45, 7) is 0.386. The fourth-order valence-corrected chi connectivity index (χ4v) is 21.0. The maximum Gasteiger partial charge on any atom is 0.417 e. The zero-order valence-electron chi connectivity index (χ0n) is 73.7. The van der Waals surface area contributed by atoms with Gasteiger partial charge in [0.25, 0.3) is 34.6 Å². The van der Waals surface area contributed by atoms with Crippen LogP contribution < -0.4 is 135 Å². The molecule has 3 aromatic rings. The molecule has 5 spiro atoms. The van der Waals surface area contributed by atoms with Crippen LogP contribution in [0, 0.1) is 5.41 Å². The van der Waals surface area contributed by atoms with Gasteiger partial charge in [0.1, 0.15) is 50.9 Å². The summed E-state index contributed by atoms with van der Waals surface area (Å²) >= 11 is 0. The molecule has 59 nitrogen and oxygen atoms in total. The lowest BCUT2D eigenvalue weighted by atomic mass is 9.70. The van der Waals surface area contributed by atoms with Crippen molar-refractivity contribution < 1.29 is 218 Å². The van der Waals surface area contributed by atoms with Gasteiger partial charge in [0.15, 0.2) is 54.6 Å². The number of carbonyl (C=O) groups excluding carboxylic acids is 4. The van der Waals surface area contributed by atoms with Gasteiger partial charge in [-0.2, -0.15) is 26.3 Å². The fraction of sp³-hybridized carbons (Fsp3) is 0.519. The molecule has 142 heavy (non-hydrogen) atoms. The van der Waals surface area contributed by atoms with Crippen LogP contribution in [0.5, 0.6) is 0 Å². The second kappa shape index (κ2) is 34.6. The molecule has 5 saturated heterocycles.